The molecule has 28 heavy (non-hydrogen) atoms. The minimum absolute atomic E-state index is 0. The Morgan fingerprint density at radius 1 is 0.571 bits per heavy atom. The Morgan fingerprint density at radius 2 is 1.04 bits per heavy atom. The summed E-state index contributed by atoms with van der Waals surface area (Å²) < 4.78 is 1.49. The third kappa shape index (κ3) is 3.03. The van der Waals surface area contributed by atoms with Gasteiger partial charge in [0.2, 0.25) is 0 Å². The molecule has 0 N–H and O–H groups in total. The normalized spacial score (nSPS) is 22.5. The molecule has 2 aliphatic carbocycles. The summed E-state index contributed by atoms with van der Waals surface area (Å²) in [6.45, 7) is 0. The van der Waals surface area contributed by atoms with E-state index in [1.54, 1.807) is 21.8 Å². The van der Waals surface area contributed by atoms with Gasteiger partial charge in [0.05, 0.1) is 0 Å². The van der Waals surface area contributed by atoms with E-state index in [-0.39, 0.29) is 32.7 Å². The molecule has 1 aliphatic heterocycles. The van der Waals surface area contributed by atoms with Crippen molar-refractivity contribution in [2.75, 3.05) is 0 Å². The number of benzene rings is 3. The van der Waals surface area contributed by atoms with Crippen LogP contribution >= 0.6 is 7.92 Å². The first-order valence-corrected chi connectivity index (χ1v) is 13.3. The van der Waals surface area contributed by atoms with Crippen molar-refractivity contribution in [3.8, 4) is 0 Å². The second kappa shape index (κ2) is 8.04. The Morgan fingerprint density at radius 3 is 1.57 bits per heavy atom. The van der Waals surface area contributed by atoms with Crippen molar-refractivity contribution >= 4 is 25.4 Å². The van der Waals surface area contributed by atoms with E-state index in [0.717, 1.165) is 7.25 Å². The number of hydrogen-bond donors (Lipinski definition) is 0. The van der Waals surface area contributed by atoms with E-state index < -0.39 is 23.2 Å². The van der Waals surface area contributed by atoms with Crippen LogP contribution in [0.3, 0.4) is 0 Å². The Bertz CT molecular complexity index is 1020. The molecular weight excluding hydrogens is 481 g/mol. The maximum atomic E-state index is 2.54. The zero-order valence-corrected chi connectivity index (χ0v) is 19.9. The van der Waals surface area contributed by atoms with E-state index in [2.05, 4.69) is 91.0 Å². The van der Waals surface area contributed by atoms with Crippen LogP contribution in [0, 0.1) is 0 Å². The number of hydrogen-bond acceptors (Lipinski definition) is 0. The Balaban J connectivity index is 0.000000961. The summed E-state index contributed by atoms with van der Waals surface area (Å²) in [6, 6.07) is 29.5. The van der Waals surface area contributed by atoms with Crippen molar-refractivity contribution in [1.82, 2.24) is 0 Å². The van der Waals surface area contributed by atoms with Gasteiger partial charge in [0, 0.05) is 0 Å². The van der Waals surface area contributed by atoms with E-state index in [1.807, 2.05) is 0 Å². The zero-order chi connectivity index (χ0) is 17.1. The van der Waals surface area contributed by atoms with Crippen LogP contribution in [-0.4, -0.2) is 0 Å². The predicted molar refractivity (Wildman–Crippen MR) is 107 cm³/mol. The van der Waals surface area contributed by atoms with Crippen LogP contribution in [0.25, 0.3) is 12.2 Å². The average Bonchev–Trinajstić information content (AvgIpc) is 3.25. The molecule has 1 fully saturated rings. The molecule has 4 heteroatoms. The van der Waals surface area contributed by atoms with Gasteiger partial charge in [-0.2, -0.15) is 0 Å². The van der Waals surface area contributed by atoms with Crippen molar-refractivity contribution in [2.45, 2.75) is 7.25 Å². The van der Waals surface area contributed by atoms with Crippen LogP contribution in [0.15, 0.2) is 89.5 Å². The van der Waals surface area contributed by atoms with Crippen LogP contribution in [0.1, 0.15) is 29.5 Å². The van der Waals surface area contributed by atoms with Crippen molar-refractivity contribution in [1.29, 1.82) is 0 Å². The fourth-order valence-electron chi connectivity index (χ4n) is 4.54. The first-order valence-electron chi connectivity index (χ1n) is 9.12. The van der Waals surface area contributed by atoms with Crippen LogP contribution in [0.4, 0.5) is 0 Å². The SMILES string of the molecule is C1=C2[CH]([Zr+2][CH]3C(=Cc4ccccc43)P2c2ccccc2)c2ccccc21.[Cl-].[Cl-]. The van der Waals surface area contributed by atoms with E-state index >= 15 is 0 Å². The molecule has 1 saturated heterocycles. The maximum absolute atomic E-state index is 2.54. The molecule has 2 atom stereocenters. The summed E-state index contributed by atoms with van der Waals surface area (Å²) in [7, 11) is -0.376. The molecule has 3 aromatic carbocycles. The van der Waals surface area contributed by atoms with Gasteiger partial charge in [0.1, 0.15) is 0 Å². The molecule has 1 heterocycles. The third-order valence-corrected chi connectivity index (χ3v) is 14.2. The predicted octanol–water partition coefficient (Wildman–Crippen LogP) is 0.0895. The van der Waals surface area contributed by atoms with Gasteiger partial charge in [0.15, 0.2) is 0 Å². The van der Waals surface area contributed by atoms with Gasteiger partial charge in [-0.25, -0.2) is 0 Å². The molecule has 0 amide bonds. The third-order valence-electron chi connectivity index (χ3n) is 5.68. The molecule has 3 aromatic rings. The Labute approximate surface area is 191 Å². The monoisotopic (exact) mass is 496 g/mol. The Hall–Kier alpha value is -0.967. The number of fused-ring (bicyclic) bond motifs is 6. The standard InChI is InChI=1S/C24H17P.2ClH.Zr/c1-2-12-22(13-3-1)25(23-14-18-8-4-5-9-19(18)15-23)24-16-20-10-6-7-11-21(20)17-24;;;/h1-17H;2*1H;/q;;;+2/p-2. The number of allylic oxidation sites excluding steroid dienone is 2. The molecule has 136 valence electrons. The van der Waals surface area contributed by atoms with Crippen molar-refractivity contribution in [3.05, 3.63) is 112 Å². The first-order chi connectivity index (χ1) is 12.9. The second-order valence-electron chi connectivity index (χ2n) is 7.10. The van der Waals surface area contributed by atoms with Crippen molar-refractivity contribution in [3.63, 3.8) is 0 Å². The molecular formula is C24H17Cl2PZr. The average molecular weight is 499 g/mol. The van der Waals surface area contributed by atoms with E-state index in [0.29, 0.717) is 0 Å². The number of rotatable bonds is 1. The molecule has 0 nitrogen and oxygen atoms in total. The molecule has 0 spiro atoms. The van der Waals surface area contributed by atoms with E-state index in [1.165, 1.54) is 16.4 Å². The van der Waals surface area contributed by atoms with Gasteiger partial charge >= 0.3 is 168 Å². The molecule has 0 aromatic heterocycles. The molecule has 2 unspecified atom stereocenters. The van der Waals surface area contributed by atoms with Gasteiger partial charge in [0.25, 0.3) is 0 Å². The molecule has 0 bridgehead atoms. The van der Waals surface area contributed by atoms with Crippen LogP contribution < -0.4 is 30.1 Å². The molecule has 0 saturated carbocycles. The van der Waals surface area contributed by atoms with E-state index in [9.17, 15) is 0 Å². The fraction of sp³-hybridized carbons (Fsp3) is 0.0833. The van der Waals surface area contributed by atoms with E-state index in [4.69, 9.17) is 0 Å². The quantitative estimate of drug-likeness (QED) is 0.418. The first kappa shape index (κ1) is 20.3. The fourth-order valence-corrected chi connectivity index (χ4v) is 14.3. The number of halogens is 2. The van der Waals surface area contributed by atoms with Crippen molar-refractivity contribution in [2.24, 2.45) is 0 Å². The molecule has 0 radical (unpaired) electrons. The smallest absolute Gasteiger partial charge is 1.00 e. The second-order valence-corrected chi connectivity index (χ2v) is 13.0. The topological polar surface area (TPSA) is 0 Å². The van der Waals surface area contributed by atoms with Crippen LogP contribution in [0.5, 0.6) is 0 Å². The van der Waals surface area contributed by atoms with Gasteiger partial charge in [-0.1, -0.05) is 0 Å². The summed E-state index contributed by atoms with van der Waals surface area (Å²) in [5.41, 5.74) is 6.18. The van der Waals surface area contributed by atoms with Crippen LogP contribution in [-0.2, 0) is 23.2 Å². The summed E-state index contributed by atoms with van der Waals surface area (Å²) in [5, 5.41) is 4.98. The van der Waals surface area contributed by atoms with Crippen molar-refractivity contribution < 1.29 is 48.0 Å². The van der Waals surface area contributed by atoms with Gasteiger partial charge in [-0.3, -0.25) is 0 Å². The van der Waals surface area contributed by atoms with Gasteiger partial charge < -0.3 is 24.8 Å². The van der Waals surface area contributed by atoms with Crippen LogP contribution in [0.2, 0.25) is 0 Å². The molecule has 3 aliphatic rings. The largest absolute Gasteiger partial charge is 1.00 e. The maximum Gasteiger partial charge on any atom is -1.00 e. The minimum Gasteiger partial charge on any atom is -1.00 e. The molecule has 6 rings (SSSR count). The summed E-state index contributed by atoms with van der Waals surface area (Å²) >= 11 is -0.650. The van der Waals surface area contributed by atoms with Gasteiger partial charge in [-0.05, 0) is 0 Å². The minimum atomic E-state index is -0.650. The summed E-state index contributed by atoms with van der Waals surface area (Å²) in [4.78, 5) is 0. The zero-order valence-electron chi connectivity index (χ0n) is 15.0. The Kier molecular flexibility index (Phi) is 5.84. The van der Waals surface area contributed by atoms with Gasteiger partial charge in [-0.15, -0.1) is 0 Å². The summed E-state index contributed by atoms with van der Waals surface area (Å²) in [6.07, 6.45) is 5.08. The summed E-state index contributed by atoms with van der Waals surface area (Å²) in [5.74, 6) is 0.